The van der Waals surface area contributed by atoms with Crippen molar-refractivity contribution < 1.29 is 14.6 Å². The van der Waals surface area contributed by atoms with Crippen molar-refractivity contribution in [2.24, 2.45) is 0 Å². The Morgan fingerprint density at radius 3 is 3.00 bits per heavy atom. The molecule has 0 bridgehead atoms. The second-order valence-corrected chi connectivity index (χ2v) is 4.27. The molecule has 2 rings (SSSR count). The lowest BCUT2D eigenvalue weighted by atomic mass is 9.98. The average Bonchev–Trinajstić information content (AvgIpc) is 2.66. The molecule has 3 nitrogen and oxygen atoms in total. The van der Waals surface area contributed by atoms with Crippen molar-refractivity contribution in [2.45, 2.75) is 25.7 Å². The molecule has 0 aromatic heterocycles. The summed E-state index contributed by atoms with van der Waals surface area (Å²) in [6.45, 7) is 1.98. The third-order valence-corrected chi connectivity index (χ3v) is 3.28. The fourth-order valence-electron chi connectivity index (χ4n) is 2.40. The Hall–Kier alpha value is -1.77. The van der Waals surface area contributed by atoms with Gasteiger partial charge in [-0.2, -0.15) is 0 Å². The molecule has 0 heterocycles. The number of esters is 1. The quantitative estimate of drug-likeness (QED) is 0.797. The van der Waals surface area contributed by atoms with E-state index in [1.54, 1.807) is 12.1 Å². The number of ether oxygens (including phenoxy) is 1. The van der Waals surface area contributed by atoms with Gasteiger partial charge in [-0.15, -0.1) is 0 Å². The van der Waals surface area contributed by atoms with Crippen LogP contribution in [0.15, 0.2) is 24.3 Å². The van der Waals surface area contributed by atoms with Crippen molar-refractivity contribution in [3.63, 3.8) is 0 Å². The number of benzene rings is 1. The van der Waals surface area contributed by atoms with E-state index < -0.39 is 0 Å². The van der Waals surface area contributed by atoms with Gasteiger partial charge in [-0.1, -0.05) is 12.1 Å². The van der Waals surface area contributed by atoms with E-state index in [4.69, 9.17) is 4.74 Å². The van der Waals surface area contributed by atoms with E-state index in [2.05, 4.69) is 0 Å². The van der Waals surface area contributed by atoms with Crippen LogP contribution in [0.1, 0.15) is 36.8 Å². The molecule has 0 saturated heterocycles. The summed E-state index contributed by atoms with van der Waals surface area (Å²) in [5.41, 5.74) is 3.37. The monoisotopic (exact) mass is 232 g/mol. The fraction of sp³-hybridized carbons (Fsp3) is 0.357. The molecule has 1 atom stereocenters. The van der Waals surface area contributed by atoms with Crippen molar-refractivity contribution >= 4 is 11.5 Å². The first-order valence-electron chi connectivity index (χ1n) is 5.71. The second-order valence-electron chi connectivity index (χ2n) is 4.27. The zero-order valence-corrected chi connectivity index (χ0v) is 10.1. The maximum Gasteiger partial charge on any atom is 0.306 e. The molecule has 0 aliphatic heterocycles. The van der Waals surface area contributed by atoms with Crippen LogP contribution in [0.4, 0.5) is 0 Å². The predicted octanol–water partition coefficient (Wildman–Crippen LogP) is 2.85. The van der Waals surface area contributed by atoms with Crippen LogP contribution in [0.5, 0.6) is 5.75 Å². The Morgan fingerprint density at radius 1 is 1.59 bits per heavy atom. The molecule has 90 valence electrons. The Morgan fingerprint density at radius 2 is 2.35 bits per heavy atom. The molecule has 1 aromatic rings. The Balaban J connectivity index is 2.34. The largest absolute Gasteiger partial charge is 0.508 e. The first kappa shape index (κ1) is 11.7. The molecule has 0 spiro atoms. The number of carbonyl (C=O) groups excluding carboxylic acids is 1. The van der Waals surface area contributed by atoms with Gasteiger partial charge in [0.25, 0.3) is 0 Å². The van der Waals surface area contributed by atoms with Crippen LogP contribution in [0.25, 0.3) is 5.57 Å². The summed E-state index contributed by atoms with van der Waals surface area (Å²) in [4.78, 5) is 11.3. The average molecular weight is 232 g/mol. The van der Waals surface area contributed by atoms with Crippen LogP contribution < -0.4 is 0 Å². The summed E-state index contributed by atoms with van der Waals surface area (Å²) < 4.78 is 4.71. The minimum Gasteiger partial charge on any atom is -0.508 e. The molecule has 1 aliphatic carbocycles. The number of fused-ring (bicyclic) bond motifs is 1. The molecule has 1 N–H and O–H groups in total. The zero-order chi connectivity index (χ0) is 12.4. The van der Waals surface area contributed by atoms with E-state index >= 15 is 0 Å². The van der Waals surface area contributed by atoms with Gasteiger partial charge in [-0.3, -0.25) is 4.79 Å². The van der Waals surface area contributed by atoms with Gasteiger partial charge in [-0.05, 0) is 48.1 Å². The van der Waals surface area contributed by atoms with E-state index in [9.17, 15) is 9.90 Å². The van der Waals surface area contributed by atoms with E-state index in [1.807, 2.05) is 19.1 Å². The molecule has 0 saturated carbocycles. The second kappa shape index (κ2) is 4.62. The van der Waals surface area contributed by atoms with E-state index in [0.29, 0.717) is 6.42 Å². The first-order chi connectivity index (χ1) is 8.15. The number of phenols is 1. The van der Waals surface area contributed by atoms with E-state index in [1.165, 1.54) is 12.7 Å². The highest BCUT2D eigenvalue weighted by Gasteiger charge is 2.28. The fourth-order valence-corrected chi connectivity index (χ4v) is 2.40. The predicted molar refractivity (Wildman–Crippen MR) is 65.7 cm³/mol. The number of rotatable bonds is 2. The number of hydrogen-bond donors (Lipinski definition) is 1. The smallest absolute Gasteiger partial charge is 0.306 e. The van der Waals surface area contributed by atoms with Crippen molar-refractivity contribution in [2.75, 3.05) is 7.11 Å². The lowest BCUT2D eigenvalue weighted by Crippen LogP contribution is -2.06. The number of phenolic OH excluding ortho intramolecular Hbond substituents is 1. The minimum atomic E-state index is -0.189. The van der Waals surface area contributed by atoms with Gasteiger partial charge >= 0.3 is 5.97 Å². The molecule has 0 amide bonds. The molecule has 1 aliphatic rings. The van der Waals surface area contributed by atoms with Gasteiger partial charge in [-0.25, -0.2) is 0 Å². The summed E-state index contributed by atoms with van der Waals surface area (Å²) in [7, 11) is 1.41. The van der Waals surface area contributed by atoms with Crippen LogP contribution in [0.2, 0.25) is 0 Å². The highest BCUT2D eigenvalue weighted by molar-refractivity contribution is 5.78. The lowest BCUT2D eigenvalue weighted by molar-refractivity contribution is -0.141. The number of hydrogen-bond acceptors (Lipinski definition) is 3. The van der Waals surface area contributed by atoms with Crippen LogP contribution in [0, 0.1) is 0 Å². The lowest BCUT2D eigenvalue weighted by Gasteiger charge is -2.09. The summed E-state index contributed by atoms with van der Waals surface area (Å²) >= 11 is 0. The standard InChI is InChI=1S/C14H16O3/c1-3-9-6-10(7-14(16)17-2)12-5-4-11(15)8-13(9)12/h3-5,8,10,15H,6-7H2,1-2H3/b9-3+. The molecule has 1 aromatic carbocycles. The normalized spacial score (nSPS) is 20.4. The van der Waals surface area contributed by atoms with Gasteiger partial charge < -0.3 is 9.84 Å². The number of aromatic hydroxyl groups is 1. The number of methoxy groups -OCH3 is 1. The maximum atomic E-state index is 11.3. The van der Waals surface area contributed by atoms with Crippen molar-refractivity contribution in [1.82, 2.24) is 0 Å². The van der Waals surface area contributed by atoms with Crippen LogP contribution in [-0.4, -0.2) is 18.2 Å². The van der Waals surface area contributed by atoms with Gasteiger partial charge in [0, 0.05) is 0 Å². The van der Waals surface area contributed by atoms with Crippen molar-refractivity contribution in [3.8, 4) is 5.75 Å². The molecule has 0 radical (unpaired) electrons. The maximum absolute atomic E-state index is 11.3. The molecule has 17 heavy (non-hydrogen) atoms. The molecular formula is C14H16O3. The highest BCUT2D eigenvalue weighted by atomic mass is 16.5. The first-order valence-corrected chi connectivity index (χ1v) is 5.71. The highest BCUT2D eigenvalue weighted by Crippen LogP contribution is 2.44. The van der Waals surface area contributed by atoms with Crippen molar-refractivity contribution in [3.05, 3.63) is 35.4 Å². The minimum absolute atomic E-state index is 0.171. The van der Waals surface area contributed by atoms with Gasteiger partial charge in [0.1, 0.15) is 5.75 Å². The number of allylic oxidation sites excluding steroid dienone is 2. The number of carbonyl (C=O) groups is 1. The van der Waals surface area contributed by atoms with Crippen LogP contribution in [-0.2, 0) is 9.53 Å². The Labute approximate surface area is 101 Å². The van der Waals surface area contributed by atoms with Gasteiger partial charge in [0.05, 0.1) is 13.5 Å². The van der Waals surface area contributed by atoms with Gasteiger partial charge in [0.2, 0.25) is 0 Å². The summed E-state index contributed by atoms with van der Waals surface area (Å²) in [5, 5.41) is 9.51. The third kappa shape index (κ3) is 2.18. The Kier molecular flexibility index (Phi) is 3.18. The van der Waals surface area contributed by atoms with E-state index in [0.717, 1.165) is 17.5 Å². The summed E-state index contributed by atoms with van der Waals surface area (Å²) in [6.07, 6.45) is 3.27. The van der Waals surface area contributed by atoms with Crippen LogP contribution >= 0.6 is 0 Å². The Bertz CT molecular complexity index is 474. The summed E-state index contributed by atoms with van der Waals surface area (Å²) in [6, 6.07) is 5.33. The summed E-state index contributed by atoms with van der Waals surface area (Å²) in [5.74, 6) is 0.248. The SMILES string of the molecule is C/C=C1\CC(CC(=O)OC)c2ccc(O)cc21. The third-order valence-electron chi connectivity index (χ3n) is 3.28. The van der Waals surface area contributed by atoms with Crippen LogP contribution in [0.3, 0.4) is 0 Å². The topological polar surface area (TPSA) is 46.5 Å². The van der Waals surface area contributed by atoms with Gasteiger partial charge in [0.15, 0.2) is 0 Å². The molecular weight excluding hydrogens is 216 g/mol. The van der Waals surface area contributed by atoms with Crippen molar-refractivity contribution in [1.29, 1.82) is 0 Å². The van der Waals surface area contributed by atoms with E-state index in [-0.39, 0.29) is 17.6 Å². The molecule has 3 heteroatoms. The molecule has 0 fully saturated rings. The molecule has 1 unspecified atom stereocenters. The zero-order valence-electron chi connectivity index (χ0n) is 10.1.